The first-order valence-corrected chi connectivity index (χ1v) is 11.3. The molecule has 0 spiro atoms. The van der Waals surface area contributed by atoms with Gasteiger partial charge in [-0.15, -0.1) is 12.4 Å². The summed E-state index contributed by atoms with van der Waals surface area (Å²) in [7, 11) is 3.95. The highest BCUT2D eigenvalue weighted by atomic mass is 35.5. The summed E-state index contributed by atoms with van der Waals surface area (Å²) in [6, 6.07) is 17.0. The number of unbranched alkanes of at least 4 members (excludes halogenated alkanes) is 3. The number of halogens is 1. The fourth-order valence-corrected chi connectivity index (χ4v) is 4.29. The SMILES string of the molecule is COc1cccc(CCCCCCc2ccccc2OCC2CCCN(C)C2)c1.Cl. The molecule has 0 N–H and O–H groups in total. The van der Waals surface area contributed by atoms with E-state index in [0.29, 0.717) is 5.92 Å². The van der Waals surface area contributed by atoms with Gasteiger partial charge in [0.1, 0.15) is 11.5 Å². The summed E-state index contributed by atoms with van der Waals surface area (Å²) in [5.74, 6) is 2.72. The molecule has 1 aliphatic heterocycles. The average molecular weight is 432 g/mol. The minimum absolute atomic E-state index is 0. The van der Waals surface area contributed by atoms with Crippen LogP contribution in [0, 0.1) is 5.92 Å². The number of nitrogens with zero attached hydrogens (tertiary/aromatic N) is 1. The second kappa shape index (κ2) is 13.6. The van der Waals surface area contributed by atoms with Crippen LogP contribution in [-0.4, -0.2) is 38.8 Å². The highest BCUT2D eigenvalue weighted by Crippen LogP contribution is 2.23. The van der Waals surface area contributed by atoms with E-state index in [0.717, 1.165) is 37.5 Å². The quantitative estimate of drug-likeness (QED) is 0.396. The van der Waals surface area contributed by atoms with Crippen molar-refractivity contribution in [1.29, 1.82) is 0 Å². The molecule has 1 saturated heterocycles. The van der Waals surface area contributed by atoms with Gasteiger partial charge in [-0.3, -0.25) is 0 Å². The molecule has 4 heteroatoms. The molecule has 0 radical (unpaired) electrons. The number of rotatable bonds is 11. The largest absolute Gasteiger partial charge is 0.497 e. The predicted octanol–water partition coefficient (Wildman–Crippen LogP) is 6.18. The number of benzene rings is 2. The van der Waals surface area contributed by atoms with Crippen LogP contribution in [0.5, 0.6) is 11.5 Å². The molecule has 3 nitrogen and oxygen atoms in total. The second-order valence-electron chi connectivity index (χ2n) is 8.45. The maximum Gasteiger partial charge on any atom is 0.122 e. The Labute approximate surface area is 189 Å². The van der Waals surface area contributed by atoms with E-state index in [1.807, 2.05) is 6.07 Å². The van der Waals surface area contributed by atoms with Gasteiger partial charge in [-0.05, 0) is 81.4 Å². The topological polar surface area (TPSA) is 21.7 Å². The normalized spacial score (nSPS) is 16.7. The summed E-state index contributed by atoms with van der Waals surface area (Å²) in [5.41, 5.74) is 2.74. The average Bonchev–Trinajstić information content (AvgIpc) is 2.75. The van der Waals surface area contributed by atoms with E-state index >= 15 is 0 Å². The zero-order valence-corrected chi connectivity index (χ0v) is 19.5. The number of para-hydroxylation sites is 1. The number of ether oxygens (including phenoxy) is 2. The highest BCUT2D eigenvalue weighted by molar-refractivity contribution is 5.85. The lowest BCUT2D eigenvalue weighted by atomic mass is 9.99. The summed E-state index contributed by atoms with van der Waals surface area (Å²) >= 11 is 0. The zero-order chi connectivity index (χ0) is 20.3. The molecule has 0 bridgehead atoms. The third-order valence-electron chi connectivity index (χ3n) is 5.96. The lowest BCUT2D eigenvalue weighted by molar-refractivity contribution is 0.150. The molecular formula is C26H38ClNO2. The minimum Gasteiger partial charge on any atom is -0.497 e. The first kappa shape index (κ1) is 24.6. The fraction of sp³-hybridized carbons (Fsp3) is 0.538. The Morgan fingerprint density at radius 2 is 1.77 bits per heavy atom. The van der Waals surface area contributed by atoms with Crippen LogP contribution in [0.25, 0.3) is 0 Å². The third kappa shape index (κ3) is 8.20. The number of hydrogen-bond acceptors (Lipinski definition) is 3. The van der Waals surface area contributed by atoms with Crippen LogP contribution in [0.1, 0.15) is 49.7 Å². The molecule has 166 valence electrons. The third-order valence-corrected chi connectivity index (χ3v) is 5.96. The van der Waals surface area contributed by atoms with Crippen molar-refractivity contribution in [1.82, 2.24) is 4.90 Å². The Morgan fingerprint density at radius 3 is 2.57 bits per heavy atom. The van der Waals surface area contributed by atoms with Gasteiger partial charge in [-0.25, -0.2) is 0 Å². The van der Waals surface area contributed by atoms with Gasteiger partial charge in [0.05, 0.1) is 13.7 Å². The maximum absolute atomic E-state index is 6.24. The van der Waals surface area contributed by atoms with Crippen LogP contribution in [0.15, 0.2) is 48.5 Å². The Kier molecular flexibility index (Phi) is 11.1. The van der Waals surface area contributed by atoms with Crippen molar-refractivity contribution < 1.29 is 9.47 Å². The van der Waals surface area contributed by atoms with Crippen LogP contribution in [0.4, 0.5) is 0 Å². The van der Waals surface area contributed by atoms with Crippen molar-refractivity contribution >= 4 is 12.4 Å². The van der Waals surface area contributed by atoms with Crippen molar-refractivity contribution in [3.8, 4) is 11.5 Å². The first-order chi connectivity index (χ1) is 14.2. The monoisotopic (exact) mass is 431 g/mol. The number of aryl methyl sites for hydroxylation is 2. The molecule has 2 aromatic rings. The van der Waals surface area contributed by atoms with Crippen LogP contribution < -0.4 is 9.47 Å². The lowest BCUT2D eigenvalue weighted by Crippen LogP contribution is -2.34. The molecule has 1 unspecified atom stereocenters. The molecule has 3 rings (SSSR count). The Bertz CT molecular complexity index is 736. The van der Waals surface area contributed by atoms with E-state index in [-0.39, 0.29) is 12.4 Å². The predicted molar refractivity (Wildman–Crippen MR) is 128 cm³/mol. The Hall–Kier alpha value is -1.71. The fourth-order valence-electron chi connectivity index (χ4n) is 4.29. The summed E-state index contributed by atoms with van der Waals surface area (Å²) < 4.78 is 11.6. The van der Waals surface area contributed by atoms with E-state index in [1.54, 1.807) is 7.11 Å². The van der Waals surface area contributed by atoms with E-state index in [9.17, 15) is 0 Å². The number of piperidine rings is 1. The van der Waals surface area contributed by atoms with Crippen molar-refractivity contribution in [2.75, 3.05) is 33.9 Å². The lowest BCUT2D eigenvalue weighted by Gasteiger charge is -2.29. The standard InChI is InChI=1S/C26H37NO2.ClH/c1-27-18-10-13-23(20-27)21-29-26-17-8-7-15-24(26)14-6-4-3-5-11-22-12-9-16-25(19-22)28-2;/h7-9,12,15-17,19,23H,3-6,10-11,13-14,18,20-21H2,1-2H3;1H. The van der Waals surface area contributed by atoms with Crippen LogP contribution in [-0.2, 0) is 12.8 Å². The van der Waals surface area contributed by atoms with Crippen LogP contribution in [0.3, 0.4) is 0 Å². The summed E-state index contributed by atoms with van der Waals surface area (Å²) in [4.78, 5) is 2.43. The van der Waals surface area contributed by atoms with E-state index in [2.05, 4.69) is 54.4 Å². The van der Waals surface area contributed by atoms with Crippen molar-refractivity contribution in [2.45, 2.75) is 51.4 Å². The molecule has 0 amide bonds. The second-order valence-corrected chi connectivity index (χ2v) is 8.45. The van der Waals surface area contributed by atoms with Crippen molar-refractivity contribution in [2.24, 2.45) is 5.92 Å². The molecular weight excluding hydrogens is 394 g/mol. The van der Waals surface area contributed by atoms with Gasteiger partial charge >= 0.3 is 0 Å². The van der Waals surface area contributed by atoms with Crippen LogP contribution >= 0.6 is 12.4 Å². The van der Waals surface area contributed by atoms with Gasteiger partial charge < -0.3 is 14.4 Å². The van der Waals surface area contributed by atoms with Gasteiger partial charge in [0.15, 0.2) is 0 Å². The van der Waals surface area contributed by atoms with E-state index in [4.69, 9.17) is 9.47 Å². The van der Waals surface area contributed by atoms with E-state index < -0.39 is 0 Å². The highest BCUT2D eigenvalue weighted by Gasteiger charge is 2.18. The van der Waals surface area contributed by atoms with Gasteiger partial charge in [-0.1, -0.05) is 43.2 Å². The molecule has 0 saturated carbocycles. The van der Waals surface area contributed by atoms with Crippen molar-refractivity contribution in [3.63, 3.8) is 0 Å². The summed E-state index contributed by atoms with van der Waals surface area (Å²) in [6.45, 7) is 3.24. The molecule has 1 heterocycles. The number of hydrogen-bond donors (Lipinski definition) is 0. The van der Waals surface area contributed by atoms with E-state index in [1.165, 1.54) is 56.2 Å². The van der Waals surface area contributed by atoms with Gasteiger partial charge in [0, 0.05) is 12.5 Å². The Balaban J connectivity index is 0.00000320. The molecule has 1 aliphatic rings. The molecule has 0 aromatic heterocycles. The van der Waals surface area contributed by atoms with Crippen LogP contribution in [0.2, 0.25) is 0 Å². The smallest absolute Gasteiger partial charge is 0.122 e. The molecule has 2 aromatic carbocycles. The number of likely N-dealkylation sites (tertiary alicyclic amines) is 1. The van der Waals surface area contributed by atoms with Gasteiger partial charge in [-0.2, -0.15) is 0 Å². The minimum atomic E-state index is 0. The molecule has 0 aliphatic carbocycles. The molecule has 1 atom stereocenters. The van der Waals surface area contributed by atoms with Gasteiger partial charge in [0.25, 0.3) is 0 Å². The number of methoxy groups -OCH3 is 1. The summed E-state index contributed by atoms with van der Waals surface area (Å²) in [5, 5.41) is 0. The van der Waals surface area contributed by atoms with Gasteiger partial charge in [0.2, 0.25) is 0 Å². The summed E-state index contributed by atoms with van der Waals surface area (Å²) in [6.07, 6.45) is 9.83. The zero-order valence-electron chi connectivity index (χ0n) is 18.6. The maximum atomic E-state index is 6.24. The van der Waals surface area contributed by atoms with Crippen molar-refractivity contribution in [3.05, 3.63) is 59.7 Å². The molecule has 30 heavy (non-hydrogen) atoms. The molecule has 1 fully saturated rings. The Morgan fingerprint density at radius 1 is 0.967 bits per heavy atom. The first-order valence-electron chi connectivity index (χ1n) is 11.3.